The van der Waals surface area contributed by atoms with Crippen LogP contribution in [0.25, 0.3) is 11.1 Å². The number of halogens is 24. The molecule has 10 nitrogen and oxygen atoms in total. The molecule has 40 heteroatoms. The number of pyridine rings is 4. The Bertz CT molecular complexity index is 4620. The molecule has 13 rings (SSSR count). The molecule has 4 bridgehead atoms. The molecule has 8 aromatic carbocycles. The van der Waals surface area contributed by atoms with Gasteiger partial charge in [-0.05, 0) is 119 Å². The fourth-order valence-corrected chi connectivity index (χ4v) is 20.8. The summed E-state index contributed by atoms with van der Waals surface area (Å²) in [5.74, 6) is 0. The molecule has 0 amide bonds. The van der Waals surface area contributed by atoms with E-state index in [1.807, 2.05) is 36.4 Å². The predicted molar refractivity (Wildman–Crippen MR) is 444 cm³/mol. The van der Waals surface area contributed by atoms with E-state index in [9.17, 15) is 101 Å². The molecule has 1 aliphatic heterocycles. The molecule has 674 valence electrons. The maximum Gasteiger partial charge on any atom is 0.173 e. The van der Waals surface area contributed by atoms with Crippen molar-refractivity contribution in [2.75, 3.05) is 52.9 Å². The van der Waals surface area contributed by atoms with Gasteiger partial charge >= 0.3 is 132 Å². The van der Waals surface area contributed by atoms with Crippen molar-refractivity contribution in [2.24, 2.45) is 0 Å². The number of hydrogen-bond acceptors (Lipinski definition) is 8. The van der Waals surface area contributed by atoms with E-state index in [4.69, 9.17) is 28.4 Å². The average molecular weight is 1890 g/mol. The minimum Gasteiger partial charge on any atom is -0.377 e. The summed E-state index contributed by atoms with van der Waals surface area (Å²) in [6.45, 7) is 7.47. The number of aromatic nitrogens is 4. The van der Waals surface area contributed by atoms with Gasteiger partial charge in [0.15, 0.2) is 37.9 Å². The molecular weight excluding hydrogens is 1800 g/mol. The average Bonchev–Trinajstić information content (AvgIpc) is 0.750. The van der Waals surface area contributed by atoms with Crippen molar-refractivity contribution in [3.63, 3.8) is 0 Å². The summed E-state index contributed by atoms with van der Waals surface area (Å²) in [5.41, 5.74) is 11.2. The van der Waals surface area contributed by atoms with Gasteiger partial charge in [0.05, 0.1) is 114 Å². The van der Waals surface area contributed by atoms with Crippen LogP contribution in [-0.4, -0.2) is 62.8 Å². The molecule has 0 radical (unpaired) electrons. The fraction of sp³-hybridized carbons (Fsp3) is 0.190. The normalized spacial score (nSPS) is 16.0. The number of nitrogens with zero attached hydrogens (tertiary/aromatic N) is 4. The number of ether oxygens (including phenoxy) is 6. The smallest absolute Gasteiger partial charge is 0.173 e. The van der Waals surface area contributed by atoms with Crippen LogP contribution in [0.4, 0.5) is 101 Å². The van der Waals surface area contributed by atoms with E-state index in [0.717, 1.165) is 48.2 Å². The van der Waals surface area contributed by atoms with Crippen molar-refractivity contribution < 1.29 is 138 Å². The molecule has 12 aromatic rings. The minimum atomic E-state index is -10.7. The molecule has 0 unspecified atom stereocenters. The van der Waals surface area contributed by atoms with Gasteiger partial charge < -0.3 is 28.4 Å². The van der Waals surface area contributed by atoms with Crippen molar-refractivity contribution in [3.05, 3.63) is 361 Å². The second-order valence-electron chi connectivity index (χ2n) is 27.6. The van der Waals surface area contributed by atoms with E-state index >= 15 is 0 Å². The molecule has 124 heavy (non-hydrogen) atoms. The van der Waals surface area contributed by atoms with Gasteiger partial charge in [-0.3, -0.25) is 9.97 Å². The van der Waals surface area contributed by atoms with Gasteiger partial charge in [-0.25, -0.2) is 9.13 Å². The van der Waals surface area contributed by atoms with Gasteiger partial charge in [0, 0.05) is 35.4 Å². The SMILES string of the molecule is F[P-](F)(F)(F)(F)F.F[P-](F)(F)(F)(F)F.F[P-](F)(F)(F)(F)F.F[P-](F)(F)(F)(F)F.c1cc2nc(c1)COCCOCCOCc1cccc(n1)COCCOCCOC2.c1ccc([P+](Cc2ccc(C[n+]3ccc(-c4cc[n+](Cc5ccc(C[P+](c6ccccc6)(c6ccccc6)c6ccccc6)cc5)cc4)cc3)cc2)(c2ccccc2)c2ccccc2)cc1. The largest absolute Gasteiger partial charge is 0.377 e. The molecule has 4 aromatic heterocycles. The second-order valence-corrected chi connectivity index (χ2v) is 42.2. The van der Waals surface area contributed by atoms with E-state index in [0.29, 0.717) is 79.3 Å². The Morgan fingerprint density at radius 1 is 0.218 bits per heavy atom. The Morgan fingerprint density at radius 3 is 0.589 bits per heavy atom. The number of hydrogen-bond donors (Lipinski definition) is 0. The third-order valence-corrected chi connectivity index (χ3v) is 25.9. The molecule has 0 N–H and O–H groups in total. The Kier molecular flexibility index (Phi) is 31.7. The molecule has 5 heterocycles. The van der Waals surface area contributed by atoms with Gasteiger partial charge in [-0.2, -0.15) is 0 Å². The molecule has 0 saturated heterocycles. The quantitative estimate of drug-likeness (QED) is 0.0570. The minimum absolute atomic E-state index is 0.443. The molecule has 0 spiro atoms. The van der Waals surface area contributed by atoms with Gasteiger partial charge in [0.25, 0.3) is 0 Å². The van der Waals surface area contributed by atoms with Crippen LogP contribution in [0.15, 0.2) is 316 Å². The first kappa shape index (κ1) is 100. The van der Waals surface area contributed by atoms with E-state index in [2.05, 4.69) is 299 Å². The van der Waals surface area contributed by atoms with Crippen molar-refractivity contribution in [3.8, 4) is 11.1 Å². The summed E-state index contributed by atoms with van der Waals surface area (Å²) >= 11 is 0. The Labute approximate surface area is 699 Å². The monoisotopic (exact) mass is 1890 g/mol. The van der Waals surface area contributed by atoms with Gasteiger partial charge in [0.1, 0.15) is 46.4 Å². The summed E-state index contributed by atoms with van der Waals surface area (Å²) in [7, 11) is -46.5. The van der Waals surface area contributed by atoms with Crippen molar-refractivity contribution in [1.82, 2.24) is 9.97 Å². The van der Waals surface area contributed by atoms with Crippen LogP contribution in [0.3, 0.4) is 0 Å². The zero-order valence-electron chi connectivity index (χ0n) is 65.3. The summed E-state index contributed by atoms with van der Waals surface area (Å²) in [5, 5.41) is 8.45. The first-order valence-corrected chi connectivity index (χ1v) is 49.3. The maximum atomic E-state index is 9.87. The van der Waals surface area contributed by atoms with Crippen LogP contribution < -0.4 is 41.0 Å². The zero-order chi connectivity index (χ0) is 90.8. The number of fused-ring (bicyclic) bond motifs is 4. The Hall–Kier alpha value is -8.98. The number of benzene rings is 8. The van der Waals surface area contributed by atoms with Crippen LogP contribution >= 0.6 is 45.8 Å². The van der Waals surface area contributed by atoms with Gasteiger partial charge in [-0.15, -0.1) is 0 Å². The maximum absolute atomic E-state index is 10.7. The van der Waals surface area contributed by atoms with E-state index < -0.39 is 45.8 Å². The summed E-state index contributed by atoms with van der Waals surface area (Å²) in [6, 6.07) is 106. The summed E-state index contributed by atoms with van der Waals surface area (Å²) in [6.07, 6.45) is 10.7. The molecule has 0 atom stereocenters. The standard InChI is InChI=1S/C62H54N2P2.C22H30N2O6.4F6P/c1-7-19-57(20-8-1)65(58-21-9-2-10-22-58,59-23-11-3-12-24-59)49-53-35-31-51(32-36-53)47-63-43-39-55(40-44-63)56-41-45-64(46-42-56)48-52-33-37-54(38-34-52)50-66(60-25-13-4-14-26-60,61-27-15-5-16-28-61)62-29-17-6-18-30-62;1-3-19-15-27-11-7-25-9-13-29-17-21-5-2-6-22(24-21)18-30-14-10-26-8-12-28-16-20(4-1)23-19;4*1-7(2,3,4,5)6/h1-46H,47-50H2;1-6H,7-18H2;;;;/q+4;;4*-1. The first-order valence-electron chi connectivity index (χ1n) is 37.2. The molecule has 0 saturated carbocycles. The van der Waals surface area contributed by atoms with E-state index in [1.165, 1.54) is 65.2 Å². The van der Waals surface area contributed by atoms with Crippen molar-refractivity contribution in [2.45, 2.75) is 51.8 Å². The predicted octanol–water partition coefficient (Wildman–Crippen LogP) is 26.8. The van der Waals surface area contributed by atoms with Crippen LogP contribution in [0, 0.1) is 0 Å². The molecule has 0 fully saturated rings. The van der Waals surface area contributed by atoms with Crippen LogP contribution in [0.2, 0.25) is 0 Å². The van der Waals surface area contributed by atoms with Gasteiger partial charge in [-0.1, -0.05) is 170 Å². The molecular formula is C84H84F24N4O6P6. The Morgan fingerprint density at radius 2 is 0.395 bits per heavy atom. The third-order valence-electron chi connectivity index (χ3n) is 17.1. The van der Waals surface area contributed by atoms with Crippen LogP contribution in [0.5, 0.6) is 0 Å². The summed E-state index contributed by atoms with van der Waals surface area (Å²) in [4.78, 5) is 9.08. The summed E-state index contributed by atoms with van der Waals surface area (Å²) < 4.78 is 275. The zero-order valence-corrected chi connectivity index (χ0v) is 70.7. The topological polar surface area (TPSA) is 88.9 Å². The van der Waals surface area contributed by atoms with E-state index in [-0.39, 0.29) is 0 Å². The van der Waals surface area contributed by atoms with Crippen molar-refractivity contribution >= 4 is 77.6 Å². The Balaban J connectivity index is 0.000000268. The number of rotatable bonds is 15. The van der Waals surface area contributed by atoms with Crippen LogP contribution in [0.1, 0.15) is 45.0 Å². The van der Waals surface area contributed by atoms with Crippen molar-refractivity contribution in [1.29, 1.82) is 0 Å². The van der Waals surface area contributed by atoms with Crippen LogP contribution in [-0.2, 0) is 80.3 Å². The molecule has 0 aliphatic carbocycles. The first-order chi connectivity index (χ1) is 57.3. The fourth-order valence-electron chi connectivity index (χ4n) is 12.3. The van der Waals surface area contributed by atoms with Gasteiger partial charge in [0.2, 0.25) is 0 Å². The third kappa shape index (κ3) is 43.3. The van der Waals surface area contributed by atoms with E-state index in [1.54, 1.807) is 0 Å². The molecule has 1 aliphatic rings. The second kappa shape index (κ2) is 39.1.